The van der Waals surface area contributed by atoms with Crippen molar-refractivity contribution < 1.29 is 114 Å². The number of fused-ring (bicyclic) bond motifs is 3. The fraction of sp³-hybridized carbons (Fsp3) is 0.520. The van der Waals surface area contributed by atoms with Gasteiger partial charge in [0.15, 0.2) is 36.7 Å². The van der Waals surface area contributed by atoms with E-state index in [1.165, 1.54) is 47.0 Å². The number of nitrogens with zero attached hydrogens (tertiary/aromatic N) is 6. The molecular formula is C50H59Cl2N7O23S4. The molecule has 6 fully saturated rings. The molecule has 0 unspecified atom stereocenters. The van der Waals surface area contributed by atoms with Crippen LogP contribution in [-0.2, 0) is 52.4 Å². The average molecular weight is 1330 g/mol. The Kier molecular flexibility index (Phi) is 29.4. The smallest absolute Gasteiger partial charge is 0.346 e. The number of carbonyl (C=O) groups excluding carboxylic acids is 3. The van der Waals surface area contributed by atoms with E-state index >= 15 is 0 Å². The summed E-state index contributed by atoms with van der Waals surface area (Å²) in [7, 11) is 0. The molecule has 0 amide bonds. The van der Waals surface area contributed by atoms with Crippen molar-refractivity contribution in [2.75, 3.05) is 62.7 Å². The van der Waals surface area contributed by atoms with Crippen LogP contribution in [0.5, 0.6) is 0 Å². The van der Waals surface area contributed by atoms with Gasteiger partial charge in [0.1, 0.15) is 63.4 Å². The van der Waals surface area contributed by atoms with E-state index in [2.05, 4.69) is 34.4 Å². The highest BCUT2D eigenvalue weighted by molar-refractivity contribution is 7.99. The molecule has 470 valence electrons. The maximum atomic E-state index is 12.4. The molecular weight excluding hydrogens is 1270 g/mol. The molecule has 3 N–H and O–H groups in total. The zero-order chi connectivity index (χ0) is 61.6. The Morgan fingerprint density at radius 3 is 1.33 bits per heavy atom. The molecule has 6 saturated heterocycles. The van der Waals surface area contributed by atoms with E-state index in [9.17, 15) is 54.6 Å². The zero-order valence-electron chi connectivity index (χ0n) is 46.0. The monoisotopic (exact) mass is 1320 g/mol. The predicted octanol–water partition coefficient (Wildman–Crippen LogP) is 1.80. The van der Waals surface area contributed by atoms with Crippen LogP contribution in [0.3, 0.4) is 0 Å². The van der Waals surface area contributed by atoms with E-state index in [0.717, 1.165) is 28.0 Å². The van der Waals surface area contributed by atoms with Crippen LogP contribution in [0.25, 0.3) is 0 Å². The highest BCUT2D eigenvalue weighted by atomic mass is 35.5. The summed E-state index contributed by atoms with van der Waals surface area (Å²) in [6, 6.07) is 13.3. The van der Waals surface area contributed by atoms with Gasteiger partial charge in [-0.3, -0.25) is 4.79 Å². The summed E-state index contributed by atoms with van der Waals surface area (Å²) in [6.07, 6.45) is -1.03. The summed E-state index contributed by atoms with van der Waals surface area (Å²) in [6.45, 7) is 8.42. The molecule has 10 heterocycles. The second-order valence-corrected chi connectivity index (χ2v) is 23.0. The quantitative estimate of drug-likeness (QED) is 0.0419. The van der Waals surface area contributed by atoms with Crippen molar-refractivity contribution in [3.63, 3.8) is 0 Å². The first-order valence-corrected chi connectivity index (χ1v) is 30.2. The third kappa shape index (κ3) is 20.0. The van der Waals surface area contributed by atoms with Crippen molar-refractivity contribution in [1.29, 1.82) is 0 Å². The fourth-order valence-electron chi connectivity index (χ4n) is 8.75. The number of aromatic carboxylic acids is 1. The summed E-state index contributed by atoms with van der Waals surface area (Å²) in [4.78, 5) is 106. The lowest BCUT2D eigenvalue weighted by atomic mass is 10.1. The number of rotatable bonds is 20. The standard InChI is InChI=1S/2C14H16N2O7S.C8H8ClNOS.C8H9NO2S.C6H9NO6.ClH/c2*1-2-24-13-8(4-3-5-15-13)14(17)22-9-6-20-12-10(23-16(18)19)7-21-11(9)12;1-2-12-8-6(7(9)11)4-3-5-10-8;1-2-12-7-6(8(10)11)4-3-5-9-7;8-3-1-11-6-4(13-7(9)10)2-12-5(3)6;/h2*3-5,9-12H,2,6-7H2,1H3;3-5H,2H2,1H3;3-5H,2H2,1H3,(H,10,11);3-6,8H,1-2H2;1H/t2*9-,10+,11+,12+;;;3-,4+,5+,6+;/m00..0./s1. The van der Waals surface area contributed by atoms with Crippen molar-refractivity contribution in [3.05, 3.63) is 126 Å². The number of H-pyrrole nitrogens is 1. The van der Waals surface area contributed by atoms with E-state index in [0.29, 0.717) is 31.8 Å². The van der Waals surface area contributed by atoms with Crippen LogP contribution >= 0.6 is 58.6 Å². The number of aromatic nitrogens is 4. The van der Waals surface area contributed by atoms with Crippen LogP contribution in [-0.4, -0.2) is 199 Å². The molecule has 86 heavy (non-hydrogen) atoms. The summed E-state index contributed by atoms with van der Waals surface area (Å²) in [5.41, 5.74) is 1.59. The summed E-state index contributed by atoms with van der Waals surface area (Å²) in [5, 5.41) is 48.5. The van der Waals surface area contributed by atoms with Crippen LogP contribution in [0.1, 0.15) is 69.1 Å². The highest BCUT2D eigenvalue weighted by Gasteiger charge is 2.53. The van der Waals surface area contributed by atoms with Crippen molar-refractivity contribution in [3.8, 4) is 0 Å². The van der Waals surface area contributed by atoms with Crippen molar-refractivity contribution in [1.82, 2.24) is 15.0 Å². The number of hydrogen-bond acceptors (Lipinski definition) is 29. The first kappa shape index (κ1) is 70.7. The third-order valence-electron chi connectivity index (χ3n) is 12.2. The zero-order valence-corrected chi connectivity index (χ0v) is 50.7. The van der Waals surface area contributed by atoms with Gasteiger partial charge in [0.2, 0.25) is 0 Å². The van der Waals surface area contributed by atoms with Gasteiger partial charge < -0.3 is 75.0 Å². The molecule has 6 aliphatic heterocycles. The van der Waals surface area contributed by atoms with E-state index < -0.39 is 112 Å². The molecule has 4 aromatic heterocycles. The second kappa shape index (κ2) is 35.7. The molecule has 0 aromatic carbocycles. The van der Waals surface area contributed by atoms with Crippen LogP contribution in [0.4, 0.5) is 0 Å². The number of aromatic amines is 1. The highest BCUT2D eigenvalue weighted by Crippen LogP contribution is 2.34. The molecule has 0 aliphatic carbocycles. The van der Waals surface area contributed by atoms with Gasteiger partial charge in [0.05, 0.1) is 56.3 Å². The Balaban J connectivity index is 0.000000203. The van der Waals surface area contributed by atoms with E-state index in [-0.39, 0.29) is 57.6 Å². The van der Waals surface area contributed by atoms with E-state index in [1.54, 1.807) is 73.3 Å². The second-order valence-electron chi connectivity index (χ2n) is 17.6. The number of nitrogens with one attached hydrogen (secondary N) is 1. The molecule has 0 bridgehead atoms. The van der Waals surface area contributed by atoms with Gasteiger partial charge in [-0.2, -0.15) is 0 Å². The molecule has 0 radical (unpaired) electrons. The number of carbonyl (C=O) groups is 4. The van der Waals surface area contributed by atoms with Gasteiger partial charge in [0, 0.05) is 30.4 Å². The molecule has 12 atom stereocenters. The maximum Gasteiger partial charge on any atom is 0.346 e. The van der Waals surface area contributed by atoms with Gasteiger partial charge in [-0.1, -0.05) is 39.5 Å². The molecule has 30 nitrogen and oxygen atoms in total. The molecule has 0 spiro atoms. The number of aliphatic hydroxyl groups excluding tert-OH is 1. The van der Waals surface area contributed by atoms with Gasteiger partial charge in [0.25, 0.3) is 25.5 Å². The van der Waals surface area contributed by atoms with Gasteiger partial charge in [-0.25, -0.2) is 34.3 Å². The third-order valence-corrected chi connectivity index (χ3v) is 16.0. The number of pyridine rings is 4. The molecule has 0 saturated carbocycles. The number of halogens is 2. The lowest BCUT2D eigenvalue weighted by molar-refractivity contribution is -0.769. The Bertz CT molecular complexity index is 2750. The normalized spacial score (nSPS) is 25.1. The molecule has 4 aromatic rings. The SMILES string of the molecule is CCSc1[nH+]cccc1C(=O)O[C@H]1CO[C@H]2[C@@H]1OC[C@H]2O[N+](=O)[O-].CCSc1ncccc1C(=O)Cl.CCSc1ncccc1C(=O)O.CCSc1ncccc1C(=O)O[C@H]1CO[C@H]2[C@@H]1OC[C@H]2O[N+](=O)[O-].O=[N+]([O-])O[C@@H]1CO[C@H]2[C@@H]1OC[C@@H]2O.[Cl-]. The van der Waals surface area contributed by atoms with Gasteiger partial charge >= 0.3 is 17.9 Å². The number of esters is 2. The average Bonchev–Trinajstić information content (AvgIpc) is 4.56. The largest absolute Gasteiger partial charge is 1.00 e. The molecule has 6 aliphatic rings. The molecule has 10 rings (SSSR count). The minimum atomic E-state index is -0.918. The van der Waals surface area contributed by atoms with Gasteiger partial charge in [-0.15, -0.1) is 65.6 Å². The number of aliphatic hydroxyl groups is 1. The lowest BCUT2D eigenvalue weighted by Gasteiger charge is -2.17. The van der Waals surface area contributed by atoms with E-state index in [1.807, 2.05) is 27.7 Å². The number of carboxylic acids is 1. The van der Waals surface area contributed by atoms with Crippen molar-refractivity contribution in [2.24, 2.45) is 0 Å². The van der Waals surface area contributed by atoms with Crippen LogP contribution in [0.15, 0.2) is 93.4 Å². The minimum absolute atomic E-state index is 0. The Morgan fingerprint density at radius 2 is 0.895 bits per heavy atom. The van der Waals surface area contributed by atoms with Crippen LogP contribution in [0.2, 0.25) is 0 Å². The van der Waals surface area contributed by atoms with Crippen LogP contribution in [0, 0.1) is 30.3 Å². The van der Waals surface area contributed by atoms with Crippen molar-refractivity contribution >= 4 is 81.8 Å². The van der Waals surface area contributed by atoms with Crippen LogP contribution < -0.4 is 17.4 Å². The summed E-state index contributed by atoms with van der Waals surface area (Å²) >= 11 is 11.3. The maximum absolute atomic E-state index is 12.4. The summed E-state index contributed by atoms with van der Waals surface area (Å²) in [5.74, 6) is 1.37. The minimum Gasteiger partial charge on any atom is -1.00 e. The Morgan fingerprint density at radius 1 is 0.547 bits per heavy atom. The summed E-state index contributed by atoms with van der Waals surface area (Å²) < 4.78 is 43.1. The first-order chi connectivity index (χ1) is 40.9. The number of ether oxygens (including phenoxy) is 8. The fourth-order valence-corrected chi connectivity index (χ4v) is 11.9. The number of thioether (sulfide) groups is 4. The topological polar surface area (TPSA) is 392 Å². The number of carboxylic acid groups (broad SMARTS) is 1. The first-order valence-electron chi connectivity index (χ1n) is 25.9. The van der Waals surface area contributed by atoms with Crippen molar-refractivity contribution in [2.45, 2.75) is 121 Å². The van der Waals surface area contributed by atoms with Gasteiger partial charge in [-0.05, 0) is 71.3 Å². The predicted molar refractivity (Wildman–Crippen MR) is 297 cm³/mol. The Labute approximate surface area is 518 Å². The van der Waals surface area contributed by atoms with E-state index in [4.69, 9.17) is 54.6 Å². The molecule has 36 heteroatoms. The Hall–Kier alpha value is -6.02. The lowest BCUT2D eigenvalue weighted by Crippen LogP contribution is -3.00. The number of hydrogen-bond donors (Lipinski definition) is 2.